The van der Waals surface area contributed by atoms with E-state index < -0.39 is 0 Å². The molecule has 2 aromatic carbocycles. The molecule has 0 atom stereocenters. The van der Waals surface area contributed by atoms with Crippen LogP contribution in [0, 0.1) is 5.82 Å². The van der Waals surface area contributed by atoms with Gasteiger partial charge in [0.05, 0.1) is 26.8 Å². The topological polar surface area (TPSA) is 70.7 Å². The lowest BCUT2D eigenvalue weighted by molar-refractivity contribution is -0.105. The average Bonchev–Trinajstić information content (AvgIpc) is 3.18. The number of amides is 1. The minimum absolute atomic E-state index is 0.276. The molecule has 0 spiro atoms. The zero-order valence-corrected chi connectivity index (χ0v) is 14.1. The van der Waals surface area contributed by atoms with E-state index in [0.29, 0.717) is 22.0 Å². The van der Waals surface area contributed by atoms with Crippen LogP contribution in [0.4, 0.5) is 9.52 Å². The summed E-state index contributed by atoms with van der Waals surface area (Å²) in [6.45, 7) is 0. The van der Waals surface area contributed by atoms with Gasteiger partial charge >= 0.3 is 0 Å². The molecule has 0 unspecified atom stereocenters. The van der Waals surface area contributed by atoms with Crippen molar-refractivity contribution in [1.82, 2.24) is 15.2 Å². The Kier molecular flexibility index (Phi) is 3.70. The number of H-pyrrole nitrogens is 1. The van der Waals surface area contributed by atoms with Gasteiger partial charge < -0.3 is 5.32 Å². The van der Waals surface area contributed by atoms with Gasteiger partial charge in [0.25, 0.3) is 0 Å². The van der Waals surface area contributed by atoms with Crippen molar-refractivity contribution in [2.75, 3.05) is 11.6 Å². The molecule has 0 saturated heterocycles. The Balaban J connectivity index is 1.98. The molecule has 0 bridgehead atoms. The molecule has 2 heterocycles. The molecular formula is C16H11FN4OS2. The van der Waals surface area contributed by atoms with E-state index in [1.807, 2.05) is 24.5 Å². The lowest BCUT2D eigenvalue weighted by Crippen LogP contribution is -1.91. The third-order valence-corrected chi connectivity index (χ3v) is 5.47. The van der Waals surface area contributed by atoms with E-state index in [1.54, 1.807) is 6.20 Å². The number of halogens is 1. The Morgan fingerprint density at radius 2 is 2.25 bits per heavy atom. The molecule has 4 rings (SSSR count). The number of hydrogen-bond acceptors (Lipinski definition) is 5. The van der Waals surface area contributed by atoms with Gasteiger partial charge in [-0.1, -0.05) is 17.4 Å². The van der Waals surface area contributed by atoms with Crippen molar-refractivity contribution in [3.63, 3.8) is 0 Å². The second-order valence-electron chi connectivity index (χ2n) is 5.06. The summed E-state index contributed by atoms with van der Waals surface area (Å²) in [6.07, 6.45) is 4.16. The number of aromatic amines is 1. The SMILES string of the molecule is CSc1c(F)cc2[nH]ncc2c1-c1ccc2nc(NC=O)sc2c1. The number of rotatable bonds is 4. The molecule has 4 aromatic rings. The summed E-state index contributed by atoms with van der Waals surface area (Å²) in [5.74, 6) is -0.276. The Morgan fingerprint density at radius 1 is 1.38 bits per heavy atom. The van der Waals surface area contributed by atoms with E-state index in [1.165, 1.54) is 29.2 Å². The molecule has 0 fully saturated rings. The number of benzene rings is 2. The minimum Gasteiger partial charge on any atom is -0.305 e. The van der Waals surface area contributed by atoms with E-state index >= 15 is 0 Å². The lowest BCUT2D eigenvalue weighted by Gasteiger charge is -2.10. The molecule has 5 nitrogen and oxygen atoms in total. The third kappa shape index (κ3) is 2.35. The number of carbonyl (C=O) groups is 1. The van der Waals surface area contributed by atoms with Crippen molar-refractivity contribution < 1.29 is 9.18 Å². The van der Waals surface area contributed by atoms with Crippen molar-refractivity contribution in [2.24, 2.45) is 0 Å². The maximum Gasteiger partial charge on any atom is 0.213 e. The van der Waals surface area contributed by atoms with Crippen LogP contribution in [0.25, 0.3) is 32.2 Å². The maximum absolute atomic E-state index is 14.4. The predicted molar refractivity (Wildman–Crippen MR) is 96.1 cm³/mol. The zero-order chi connectivity index (χ0) is 16.7. The van der Waals surface area contributed by atoms with Crippen molar-refractivity contribution >= 4 is 55.8 Å². The Hall–Kier alpha value is -2.45. The summed E-state index contributed by atoms with van der Waals surface area (Å²) in [5.41, 5.74) is 3.15. The number of thioether (sulfide) groups is 1. The zero-order valence-electron chi connectivity index (χ0n) is 12.5. The van der Waals surface area contributed by atoms with Crippen LogP contribution in [0.1, 0.15) is 0 Å². The molecule has 0 aliphatic rings. The quantitative estimate of drug-likeness (QED) is 0.422. The predicted octanol–water partition coefficient (Wildman–Crippen LogP) is 4.27. The fourth-order valence-electron chi connectivity index (χ4n) is 2.72. The molecule has 0 aliphatic heterocycles. The van der Waals surface area contributed by atoms with Gasteiger partial charge in [0.1, 0.15) is 5.82 Å². The number of carbonyl (C=O) groups excluding carboxylic acids is 1. The van der Waals surface area contributed by atoms with Gasteiger partial charge in [-0.25, -0.2) is 9.37 Å². The monoisotopic (exact) mass is 358 g/mol. The van der Waals surface area contributed by atoms with Gasteiger partial charge in [0, 0.05) is 17.0 Å². The van der Waals surface area contributed by atoms with Crippen LogP contribution >= 0.6 is 23.1 Å². The Morgan fingerprint density at radius 3 is 3.04 bits per heavy atom. The standard InChI is InChI=1S/C16H11FN4OS2/c1-23-15-10(17)5-12-9(6-19-21-12)14(15)8-2-3-11-13(4-8)24-16(20-11)18-7-22/h2-7H,1H3,(H,19,21)(H,18,20,22). The second kappa shape index (κ2) is 5.88. The van der Waals surface area contributed by atoms with Crippen molar-refractivity contribution in [1.29, 1.82) is 0 Å². The molecule has 2 N–H and O–H groups in total. The molecule has 0 radical (unpaired) electrons. The Bertz CT molecular complexity index is 1070. The number of thiazole rings is 1. The van der Waals surface area contributed by atoms with Crippen molar-refractivity contribution in [3.8, 4) is 11.1 Å². The van der Waals surface area contributed by atoms with Crippen LogP contribution in [0.2, 0.25) is 0 Å². The lowest BCUT2D eigenvalue weighted by atomic mass is 10.0. The number of fused-ring (bicyclic) bond motifs is 2. The smallest absolute Gasteiger partial charge is 0.213 e. The van der Waals surface area contributed by atoms with Gasteiger partial charge in [-0.3, -0.25) is 9.89 Å². The highest BCUT2D eigenvalue weighted by Crippen LogP contribution is 2.40. The van der Waals surface area contributed by atoms with Gasteiger partial charge in [0.2, 0.25) is 6.41 Å². The highest BCUT2D eigenvalue weighted by molar-refractivity contribution is 7.98. The second-order valence-corrected chi connectivity index (χ2v) is 6.91. The first-order chi connectivity index (χ1) is 11.7. The van der Waals surface area contributed by atoms with Gasteiger partial charge in [-0.2, -0.15) is 5.10 Å². The number of hydrogen-bond donors (Lipinski definition) is 2. The van der Waals surface area contributed by atoms with Crippen LogP contribution in [0.5, 0.6) is 0 Å². The Labute approximate surface area is 144 Å². The van der Waals surface area contributed by atoms with Crippen LogP contribution in [-0.4, -0.2) is 27.8 Å². The largest absolute Gasteiger partial charge is 0.305 e. The number of aromatic nitrogens is 3. The molecule has 2 aromatic heterocycles. The van der Waals surface area contributed by atoms with E-state index in [9.17, 15) is 9.18 Å². The first-order valence-electron chi connectivity index (χ1n) is 7.02. The fraction of sp³-hybridized carbons (Fsp3) is 0.0625. The van der Waals surface area contributed by atoms with Crippen molar-refractivity contribution in [3.05, 3.63) is 36.3 Å². The van der Waals surface area contributed by atoms with Gasteiger partial charge in [-0.05, 0) is 24.0 Å². The van der Waals surface area contributed by atoms with Gasteiger partial charge in [-0.15, -0.1) is 11.8 Å². The van der Waals surface area contributed by atoms with E-state index in [0.717, 1.165) is 26.7 Å². The van der Waals surface area contributed by atoms with Crippen LogP contribution < -0.4 is 5.32 Å². The molecule has 0 saturated carbocycles. The summed E-state index contributed by atoms with van der Waals surface area (Å²) in [6, 6.07) is 7.21. The number of nitrogens with zero attached hydrogens (tertiary/aromatic N) is 2. The fourth-order valence-corrected chi connectivity index (χ4v) is 4.27. The molecule has 120 valence electrons. The van der Waals surface area contributed by atoms with E-state index in [2.05, 4.69) is 20.5 Å². The van der Waals surface area contributed by atoms with Gasteiger partial charge in [0.15, 0.2) is 5.13 Å². The van der Waals surface area contributed by atoms with Crippen molar-refractivity contribution in [2.45, 2.75) is 4.90 Å². The normalized spacial score (nSPS) is 11.2. The summed E-state index contributed by atoms with van der Waals surface area (Å²) >= 11 is 2.74. The summed E-state index contributed by atoms with van der Waals surface area (Å²) in [4.78, 5) is 15.5. The van der Waals surface area contributed by atoms with Crippen LogP contribution in [0.15, 0.2) is 35.4 Å². The van der Waals surface area contributed by atoms with Crippen LogP contribution in [-0.2, 0) is 4.79 Å². The summed E-state index contributed by atoms with van der Waals surface area (Å²) in [7, 11) is 0. The molecule has 8 heteroatoms. The van der Waals surface area contributed by atoms with E-state index in [-0.39, 0.29) is 5.82 Å². The third-order valence-electron chi connectivity index (χ3n) is 3.72. The molecule has 1 amide bonds. The van der Waals surface area contributed by atoms with E-state index in [4.69, 9.17) is 0 Å². The highest BCUT2D eigenvalue weighted by Gasteiger charge is 2.17. The highest BCUT2D eigenvalue weighted by atomic mass is 32.2. The number of nitrogens with one attached hydrogen (secondary N) is 2. The minimum atomic E-state index is -0.276. The number of anilines is 1. The molecule has 24 heavy (non-hydrogen) atoms. The molecule has 0 aliphatic carbocycles. The first-order valence-corrected chi connectivity index (χ1v) is 9.06. The molecular weight excluding hydrogens is 347 g/mol. The summed E-state index contributed by atoms with van der Waals surface area (Å²) in [5, 5.41) is 10.8. The summed E-state index contributed by atoms with van der Waals surface area (Å²) < 4.78 is 15.4. The maximum atomic E-state index is 14.4. The first kappa shape index (κ1) is 15.1. The van der Waals surface area contributed by atoms with Crippen LogP contribution in [0.3, 0.4) is 0 Å². The average molecular weight is 358 g/mol.